The van der Waals surface area contributed by atoms with Gasteiger partial charge in [0, 0.05) is 43.8 Å². The summed E-state index contributed by atoms with van der Waals surface area (Å²) in [6, 6.07) is 5.48. The number of nitrogens with zero attached hydrogens (tertiary/aromatic N) is 2. The minimum absolute atomic E-state index is 0.0211. The van der Waals surface area contributed by atoms with Crippen molar-refractivity contribution in [1.82, 2.24) is 0 Å². The van der Waals surface area contributed by atoms with Gasteiger partial charge < -0.3 is 20.0 Å². The number of amides is 2. The predicted molar refractivity (Wildman–Crippen MR) is 109 cm³/mol. The molecule has 6 heteroatoms. The molecular formula is C22H30N2O4. The second-order valence-electron chi connectivity index (χ2n) is 7.77. The van der Waals surface area contributed by atoms with Gasteiger partial charge >= 0.3 is 0 Å². The Bertz CT molecular complexity index is 776. The molecule has 0 unspecified atom stereocenters. The first-order valence-electron chi connectivity index (χ1n) is 10.1. The van der Waals surface area contributed by atoms with Crippen LogP contribution in [0.3, 0.4) is 0 Å². The van der Waals surface area contributed by atoms with Crippen molar-refractivity contribution < 1.29 is 19.8 Å². The van der Waals surface area contributed by atoms with Gasteiger partial charge in [0.1, 0.15) is 0 Å². The van der Waals surface area contributed by atoms with Crippen molar-refractivity contribution in [3.63, 3.8) is 0 Å². The average Bonchev–Trinajstić information content (AvgIpc) is 2.87. The summed E-state index contributed by atoms with van der Waals surface area (Å²) in [6.45, 7) is 2.47. The summed E-state index contributed by atoms with van der Waals surface area (Å²) >= 11 is 0. The van der Waals surface area contributed by atoms with Gasteiger partial charge in [0.05, 0.1) is 5.69 Å². The first-order valence-corrected chi connectivity index (χ1v) is 10.1. The maximum atomic E-state index is 12.9. The number of rotatable bonds is 5. The number of hydrogen-bond acceptors (Lipinski definition) is 4. The second-order valence-corrected chi connectivity index (χ2v) is 7.77. The van der Waals surface area contributed by atoms with Crippen LogP contribution in [0.5, 0.6) is 0 Å². The highest BCUT2D eigenvalue weighted by molar-refractivity contribution is 6.07. The summed E-state index contributed by atoms with van der Waals surface area (Å²) in [5.41, 5.74) is 0.253. The number of aliphatic hydroxyl groups excluding tert-OH is 1. The third kappa shape index (κ3) is 3.59. The Balaban J connectivity index is 1.99. The van der Waals surface area contributed by atoms with Crippen LogP contribution < -0.4 is 9.80 Å². The smallest absolute Gasteiger partial charge is 0.264 e. The minimum atomic E-state index is -1.68. The molecule has 2 N–H and O–H groups in total. The molecule has 1 aromatic rings. The Morgan fingerprint density at radius 1 is 1.21 bits per heavy atom. The molecule has 2 aliphatic rings. The number of carbonyl (C=O) groups excluding carboxylic acids is 2. The van der Waals surface area contributed by atoms with E-state index >= 15 is 0 Å². The van der Waals surface area contributed by atoms with Crippen LogP contribution >= 0.6 is 0 Å². The zero-order chi connectivity index (χ0) is 20.3. The molecule has 0 spiro atoms. The Labute approximate surface area is 166 Å². The van der Waals surface area contributed by atoms with E-state index < -0.39 is 11.5 Å². The third-order valence-electron chi connectivity index (χ3n) is 5.90. The molecule has 28 heavy (non-hydrogen) atoms. The molecule has 0 radical (unpaired) electrons. The van der Waals surface area contributed by atoms with E-state index in [0.29, 0.717) is 30.6 Å². The summed E-state index contributed by atoms with van der Waals surface area (Å²) in [7, 11) is 1.66. The molecule has 1 saturated heterocycles. The van der Waals surface area contributed by atoms with Crippen molar-refractivity contribution in [3.8, 4) is 0 Å². The molecule has 6 nitrogen and oxygen atoms in total. The van der Waals surface area contributed by atoms with Gasteiger partial charge in [-0.15, -0.1) is 0 Å². The molecule has 0 aliphatic carbocycles. The summed E-state index contributed by atoms with van der Waals surface area (Å²) < 4.78 is 0. The van der Waals surface area contributed by atoms with Crippen LogP contribution in [0, 0.1) is 5.92 Å². The normalized spacial score (nSPS) is 24.4. The van der Waals surface area contributed by atoms with Crippen molar-refractivity contribution in [2.75, 3.05) is 30.0 Å². The lowest BCUT2D eigenvalue weighted by Crippen LogP contribution is -2.43. The lowest BCUT2D eigenvalue weighted by atomic mass is 9.82. The fraction of sp³-hybridized carbons (Fsp3) is 0.545. The van der Waals surface area contributed by atoms with Crippen molar-refractivity contribution >= 4 is 23.2 Å². The Morgan fingerprint density at radius 3 is 2.71 bits per heavy atom. The fourth-order valence-electron chi connectivity index (χ4n) is 4.16. The van der Waals surface area contributed by atoms with Crippen molar-refractivity contribution in [2.24, 2.45) is 5.92 Å². The van der Waals surface area contributed by atoms with E-state index in [4.69, 9.17) is 5.11 Å². The van der Waals surface area contributed by atoms with Gasteiger partial charge in [-0.05, 0) is 37.5 Å². The topological polar surface area (TPSA) is 81.1 Å². The second kappa shape index (κ2) is 8.45. The highest BCUT2D eigenvalue weighted by Crippen LogP contribution is 2.46. The summed E-state index contributed by atoms with van der Waals surface area (Å²) in [5, 5.41) is 20.4. The maximum Gasteiger partial charge on any atom is 0.264 e. The molecule has 0 saturated carbocycles. The predicted octanol–water partition coefficient (Wildman–Crippen LogP) is 2.72. The number of carbonyl (C=O) groups is 2. The molecule has 1 aromatic carbocycles. The van der Waals surface area contributed by atoms with E-state index in [-0.39, 0.29) is 18.4 Å². The average molecular weight is 386 g/mol. The zero-order valence-electron chi connectivity index (χ0n) is 16.7. The van der Waals surface area contributed by atoms with Crippen LogP contribution in [-0.4, -0.2) is 42.2 Å². The fourth-order valence-corrected chi connectivity index (χ4v) is 4.16. The molecule has 2 atom stereocenters. The molecule has 1 fully saturated rings. The molecule has 152 valence electrons. The van der Waals surface area contributed by atoms with Gasteiger partial charge in [0.25, 0.3) is 5.91 Å². The van der Waals surface area contributed by atoms with E-state index in [1.54, 1.807) is 37.1 Å². The summed E-state index contributed by atoms with van der Waals surface area (Å²) in [6.07, 6.45) is 8.59. The van der Waals surface area contributed by atoms with Crippen LogP contribution in [0.25, 0.3) is 0 Å². The van der Waals surface area contributed by atoms with Gasteiger partial charge in [0.15, 0.2) is 5.60 Å². The van der Waals surface area contributed by atoms with Gasteiger partial charge in [0.2, 0.25) is 5.91 Å². The largest absolute Gasteiger partial charge is 0.396 e. The number of hydrogen-bond donors (Lipinski definition) is 2. The molecule has 2 heterocycles. The molecule has 2 aliphatic heterocycles. The van der Waals surface area contributed by atoms with Crippen LogP contribution in [0.1, 0.15) is 51.0 Å². The van der Waals surface area contributed by atoms with E-state index in [9.17, 15) is 14.7 Å². The van der Waals surface area contributed by atoms with Crippen molar-refractivity contribution in [2.45, 2.75) is 51.0 Å². The zero-order valence-corrected chi connectivity index (χ0v) is 16.7. The Kier molecular flexibility index (Phi) is 6.20. The Morgan fingerprint density at radius 2 is 1.96 bits per heavy atom. The summed E-state index contributed by atoms with van der Waals surface area (Å²) in [5.74, 6) is -0.745. The number of likely N-dealkylation sites (N-methyl/N-ethyl adjacent to an activating group) is 1. The van der Waals surface area contributed by atoms with Crippen LogP contribution in [0.15, 0.2) is 30.4 Å². The quantitative estimate of drug-likeness (QED) is 0.763. The van der Waals surface area contributed by atoms with Crippen molar-refractivity contribution in [3.05, 3.63) is 35.9 Å². The highest BCUT2D eigenvalue weighted by atomic mass is 16.3. The lowest BCUT2D eigenvalue weighted by Gasteiger charge is -2.29. The number of anilines is 2. The molecule has 0 aromatic heterocycles. The number of aliphatic hydroxyl groups is 2. The van der Waals surface area contributed by atoms with Crippen LogP contribution in [-0.2, 0) is 15.2 Å². The molecule has 3 rings (SSSR count). The first kappa shape index (κ1) is 20.6. The first-order chi connectivity index (χ1) is 13.4. The monoisotopic (exact) mass is 386 g/mol. The van der Waals surface area contributed by atoms with Gasteiger partial charge in [-0.2, -0.15) is 0 Å². The number of benzene rings is 1. The van der Waals surface area contributed by atoms with E-state index in [1.165, 1.54) is 4.90 Å². The van der Waals surface area contributed by atoms with Gasteiger partial charge in [-0.1, -0.05) is 31.9 Å². The maximum absolute atomic E-state index is 12.9. The Hall–Kier alpha value is -2.18. The van der Waals surface area contributed by atoms with Gasteiger partial charge in [-0.25, -0.2) is 0 Å². The van der Waals surface area contributed by atoms with E-state index in [0.717, 1.165) is 31.4 Å². The third-order valence-corrected chi connectivity index (χ3v) is 5.90. The van der Waals surface area contributed by atoms with Crippen LogP contribution in [0.2, 0.25) is 0 Å². The standard InChI is InChI=1S/C22H30N2O4/c1-16(9-6-8-14-25)22(28)18-15-17(11-12-19(18)23(2)21(22)27)24-13-7-4-3-5-10-20(24)26/h6,9,11-12,15-16,25,28H,3-5,7-8,10,13-14H2,1-2H3/b9-6+/t16-,22+/m1/s1. The minimum Gasteiger partial charge on any atom is -0.396 e. The summed E-state index contributed by atoms with van der Waals surface area (Å²) in [4.78, 5) is 28.8. The molecular weight excluding hydrogens is 356 g/mol. The molecule has 2 amide bonds. The lowest BCUT2D eigenvalue weighted by molar-refractivity contribution is -0.139. The SMILES string of the molecule is C[C@H](/C=C/CCO)[C@@]1(O)C(=O)N(C)c2ccc(N3CCCCCCC3=O)cc21. The van der Waals surface area contributed by atoms with Gasteiger partial charge in [-0.3, -0.25) is 9.59 Å². The van der Waals surface area contributed by atoms with E-state index in [1.807, 2.05) is 12.1 Å². The van der Waals surface area contributed by atoms with E-state index in [2.05, 4.69) is 0 Å². The van der Waals surface area contributed by atoms with Crippen LogP contribution in [0.4, 0.5) is 11.4 Å². The van der Waals surface area contributed by atoms with Crippen molar-refractivity contribution in [1.29, 1.82) is 0 Å². The number of fused-ring (bicyclic) bond motifs is 1. The molecule has 0 bridgehead atoms. The highest BCUT2D eigenvalue weighted by Gasteiger charge is 2.51.